The van der Waals surface area contributed by atoms with E-state index in [0.717, 1.165) is 25.7 Å². The first-order chi connectivity index (χ1) is 10.5. The fourth-order valence-electron chi connectivity index (χ4n) is 3.39. The van der Waals surface area contributed by atoms with Gasteiger partial charge in [-0.3, -0.25) is 0 Å². The zero-order valence-corrected chi connectivity index (χ0v) is 13.6. The minimum Gasteiger partial charge on any atom is -0.389 e. The molecule has 22 heavy (non-hydrogen) atoms. The fraction of sp³-hybridized carbons (Fsp3) is 0.846. The molecule has 8 nitrogen and oxygen atoms in total. The van der Waals surface area contributed by atoms with Crippen molar-refractivity contribution in [3.8, 4) is 0 Å². The average Bonchev–Trinajstić information content (AvgIpc) is 3.16. The summed E-state index contributed by atoms with van der Waals surface area (Å²) in [5, 5.41) is 17.8. The van der Waals surface area contributed by atoms with Gasteiger partial charge in [0.25, 0.3) is 10.2 Å². The van der Waals surface area contributed by atoms with Gasteiger partial charge in [-0.2, -0.15) is 17.0 Å². The molecule has 124 valence electrons. The van der Waals surface area contributed by atoms with Gasteiger partial charge < -0.3 is 5.11 Å². The Morgan fingerprint density at radius 1 is 1.23 bits per heavy atom. The molecule has 0 bridgehead atoms. The summed E-state index contributed by atoms with van der Waals surface area (Å²) in [5.41, 5.74) is 0. The van der Waals surface area contributed by atoms with Crippen molar-refractivity contribution in [3.05, 3.63) is 12.4 Å². The maximum atomic E-state index is 12.8. The smallest absolute Gasteiger partial charge is 0.282 e. The number of aliphatic hydroxyl groups excluding tert-OH is 1. The largest absolute Gasteiger partial charge is 0.389 e. The molecule has 1 saturated heterocycles. The Bertz CT molecular complexity index is 585. The van der Waals surface area contributed by atoms with Gasteiger partial charge in [-0.25, -0.2) is 4.68 Å². The molecule has 9 heteroatoms. The normalized spacial score (nSPS) is 28.5. The fourth-order valence-corrected chi connectivity index (χ4v) is 5.03. The quantitative estimate of drug-likeness (QED) is 0.840. The lowest BCUT2D eigenvalue weighted by atomic mass is 9.96. The molecule has 1 aromatic rings. The number of hydrogen-bond acceptors (Lipinski definition) is 5. The maximum Gasteiger partial charge on any atom is 0.282 e. The van der Waals surface area contributed by atoms with Crippen LogP contribution in [-0.2, 0) is 10.2 Å². The Hall–Kier alpha value is -1.03. The Balaban J connectivity index is 1.72. The van der Waals surface area contributed by atoms with E-state index in [0.29, 0.717) is 0 Å². The van der Waals surface area contributed by atoms with E-state index >= 15 is 0 Å². The van der Waals surface area contributed by atoms with Crippen LogP contribution in [0.25, 0.3) is 0 Å². The van der Waals surface area contributed by atoms with Crippen LogP contribution in [0.1, 0.15) is 38.1 Å². The molecule has 2 aliphatic rings. The highest BCUT2D eigenvalue weighted by atomic mass is 32.2. The molecule has 2 fully saturated rings. The number of aromatic nitrogens is 3. The highest BCUT2D eigenvalue weighted by Gasteiger charge is 2.42. The van der Waals surface area contributed by atoms with Crippen molar-refractivity contribution in [2.45, 2.75) is 50.3 Å². The highest BCUT2D eigenvalue weighted by molar-refractivity contribution is 7.86. The van der Waals surface area contributed by atoms with Crippen LogP contribution in [0.15, 0.2) is 12.4 Å². The monoisotopic (exact) mass is 329 g/mol. The number of rotatable bonds is 4. The second-order valence-electron chi connectivity index (χ2n) is 6.15. The van der Waals surface area contributed by atoms with Crippen molar-refractivity contribution in [2.24, 2.45) is 0 Å². The standard InChI is InChI=1S/C13H23N5O3S/c1-16(11-5-3-2-4-6-11)22(20,21)17-9-12(13(19)10-17)18-8-7-14-15-18/h7-8,11-13,19H,2-6,9-10H2,1H3/t12-,13-/m1/s1. The lowest BCUT2D eigenvalue weighted by Crippen LogP contribution is -2.46. The summed E-state index contributed by atoms with van der Waals surface area (Å²) in [7, 11) is -1.90. The summed E-state index contributed by atoms with van der Waals surface area (Å²) in [5.74, 6) is 0. The number of hydrogen-bond donors (Lipinski definition) is 1. The molecule has 0 amide bonds. The molecule has 2 heterocycles. The van der Waals surface area contributed by atoms with Gasteiger partial charge in [0.2, 0.25) is 0 Å². The van der Waals surface area contributed by atoms with Crippen molar-refractivity contribution in [1.29, 1.82) is 0 Å². The molecule has 0 radical (unpaired) electrons. The Kier molecular flexibility index (Phi) is 4.49. The minimum atomic E-state index is -3.55. The highest BCUT2D eigenvalue weighted by Crippen LogP contribution is 2.29. The Morgan fingerprint density at radius 3 is 2.59 bits per heavy atom. The van der Waals surface area contributed by atoms with E-state index in [4.69, 9.17) is 0 Å². The van der Waals surface area contributed by atoms with Crippen LogP contribution in [0.5, 0.6) is 0 Å². The van der Waals surface area contributed by atoms with Gasteiger partial charge in [-0.1, -0.05) is 24.5 Å². The number of aliphatic hydroxyl groups is 1. The van der Waals surface area contributed by atoms with Crippen molar-refractivity contribution in [1.82, 2.24) is 23.6 Å². The lowest BCUT2D eigenvalue weighted by Gasteiger charge is -2.33. The predicted octanol–water partition coefficient (Wildman–Crippen LogP) is 0.00500. The molecule has 1 aromatic heterocycles. The van der Waals surface area contributed by atoms with E-state index < -0.39 is 16.3 Å². The first-order valence-corrected chi connectivity index (χ1v) is 9.17. The van der Waals surface area contributed by atoms with Crippen molar-refractivity contribution >= 4 is 10.2 Å². The summed E-state index contributed by atoms with van der Waals surface area (Å²) in [6.07, 6.45) is 7.57. The van der Waals surface area contributed by atoms with Gasteiger partial charge in [0.05, 0.1) is 18.3 Å². The predicted molar refractivity (Wildman–Crippen MR) is 80.2 cm³/mol. The van der Waals surface area contributed by atoms with Gasteiger partial charge in [0, 0.05) is 32.4 Å². The summed E-state index contributed by atoms with van der Waals surface area (Å²) in [6, 6.07) is -0.307. The van der Waals surface area contributed by atoms with Gasteiger partial charge in [0.1, 0.15) is 0 Å². The molecular weight excluding hydrogens is 306 g/mol. The summed E-state index contributed by atoms with van der Waals surface area (Å²) in [4.78, 5) is 0. The number of β-amino-alcohol motifs (C(OH)–C–C–N with tert-alkyl or cyclic N) is 1. The van der Waals surface area contributed by atoms with Crippen LogP contribution < -0.4 is 0 Å². The molecule has 1 N–H and O–H groups in total. The molecular formula is C13H23N5O3S. The second-order valence-corrected chi connectivity index (χ2v) is 8.14. The van der Waals surface area contributed by atoms with E-state index in [1.807, 2.05) is 0 Å². The summed E-state index contributed by atoms with van der Waals surface area (Å²) < 4.78 is 30.0. The Morgan fingerprint density at radius 2 is 1.95 bits per heavy atom. The summed E-state index contributed by atoms with van der Waals surface area (Å²) >= 11 is 0. The second kappa shape index (κ2) is 6.23. The minimum absolute atomic E-state index is 0.0707. The zero-order valence-electron chi connectivity index (χ0n) is 12.7. The molecule has 1 aliphatic carbocycles. The van der Waals surface area contributed by atoms with Crippen LogP contribution in [-0.4, -0.2) is 69.4 Å². The topological polar surface area (TPSA) is 91.6 Å². The van der Waals surface area contributed by atoms with E-state index in [9.17, 15) is 13.5 Å². The third-order valence-electron chi connectivity index (χ3n) is 4.79. The van der Waals surface area contributed by atoms with Gasteiger partial charge in [-0.05, 0) is 12.8 Å². The van der Waals surface area contributed by atoms with Crippen LogP contribution in [0.2, 0.25) is 0 Å². The maximum absolute atomic E-state index is 12.8. The molecule has 0 aromatic carbocycles. The molecule has 3 rings (SSSR count). The Labute approximate surface area is 130 Å². The SMILES string of the molecule is CN(C1CCCCC1)S(=O)(=O)N1C[C@@H](O)[C@H](n2ccnn2)C1. The third kappa shape index (κ3) is 2.90. The van der Waals surface area contributed by atoms with Crippen molar-refractivity contribution < 1.29 is 13.5 Å². The third-order valence-corrected chi connectivity index (χ3v) is 6.76. The van der Waals surface area contributed by atoms with Crippen LogP contribution in [0.3, 0.4) is 0 Å². The summed E-state index contributed by atoms with van der Waals surface area (Å²) in [6.45, 7) is 0.327. The van der Waals surface area contributed by atoms with E-state index in [1.165, 1.54) is 25.9 Å². The molecule has 1 saturated carbocycles. The van der Waals surface area contributed by atoms with E-state index in [1.54, 1.807) is 13.2 Å². The van der Waals surface area contributed by atoms with Crippen LogP contribution in [0, 0.1) is 0 Å². The first-order valence-electron chi connectivity index (χ1n) is 7.77. The molecule has 0 spiro atoms. The molecule has 0 unspecified atom stereocenters. The number of nitrogens with zero attached hydrogens (tertiary/aromatic N) is 5. The lowest BCUT2D eigenvalue weighted by molar-refractivity contribution is 0.141. The van der Waals surface area contributed by atoms with Crippen LogP contribution >= 0.6 is 0 Å². The molecule has 1 aliphatic heterocycles. The average molecular weight is 329 g/mol. The van der Waals surface area contributed by atoms with Crippen molar-refractivity contribution in [3.63, 3.8) is 0 Å². The van der Waals surface area contributed by atoms with Crippen LogP contribution in [0.4, 0.5) is 0 Å². The van der Waals surface area contributed by atoms with Gasteiger partial charge in [-0.15, -0.1) is 5.10 Å². The van der Waals surface area contributed by atoms with Gasteiger partial charge >= 0.3 is 0 Å². The molecule has 2 atom stereocenters. The van der Waals surface area contributed by atoms with E-state index in [2.05, 4.69) is 10.3 Å². The zero-order chi connectivity index (χ0) is 15.7. The van der Waals surface area contributed by atoms with Crippen molar-refractivity contribution in [2.75, 3.05) is 20.1 Å². The van der Waals surface area contributed by atoms with Gasteiger partial charge in [0.15, 0.2) is 0 Å². The van der Waals surface area contributed by atoms with E-state index in [-0.39, 0.29) is 25.2 Å². The first kappa shape index (κ1) is 15.9.